The third kappa shape index (κ3) is 5.21. The lowest BCUT2D eigenvalue weighted by atomic mass is 9.82. The van der Waals surface area contributed by atoms with Crippen molar-refractivity contribution in [2.75, 3.05) is 6.54 Å². The molecule has 1 rings (SSSR count). The Balaban J connectivity index is 2.38. The molecule has 0 aromatic carbocycles. The molecule has 1 fully saturated rings. The molecule has 1 aliphatic carbocycles. The van der Waals surface area contributed by atoms with E-state index in [0.717, 1.165) is 18.9 Å². The number of aliphatic carboxylic acids is 1. The van der Waals surface area contributed by atoms with Gasteiger partial charge in [0.2, 0.25) is 11.8 Å². The fourth-order valence-electron chi connectivity index (χ4n) is 2.48. The van der Waals surface area contributed by atoms with E-state index in [-0.39, 0.29) is 17.7 Å². The van der Waals surface area contributed by atoms with E-state index in [1.54, 1.807) is 13.8 Å². The summed E-state index contributed by atoms with van der Waals surface area (Å²) in [6, 6.07) is 0. The summed E-state index contributed by atoms with van der Waals surface area (Å²) in [5, 5.41) is 16.1. The number of nitrogens with one attached hydrogen (secondary N) is 2. The van der Waals surface area contributed by atoms with Crippen LogP contribution in [-0.2, 0) is 14.4 Å². The van der Waals surface area contributed by atoms with Gasteiger partial charge in [-0.1, -0.05) is 6.58 Å². The van der Waals surface area contributed by atoms with Crippen molar-refractivity contribution in [3.05, 3.63) is 12.7 Å². The van der Waals surface area contributed by atoms with E-state index < -0.39 is 17.4 Å². The molecule has 21 heavy (non-hydrogen) atoms. The topological polar surface area (TPSA) is 98.3 Å². The van der Waals surface area contributed by atoms with Gasteiger partial charge in [0.25, 0.3) is 0 Å². The zero-order chi connectivity index (χ0) is 16.0. The van der Waals surface area contributed by atoms with Gasteiger partial charge in [0.1, 0.15) is 5.54 Å². The first-order chi connectivity index (χ1) is 9.76. The van der Waals surface area contributed by atoms with Gasteiger partial charge in [0.15, 0.2) is 0 Å². The lowest BCUT2D eigenvalue weighted by Gasteiger charge is -2.30. The van der Waals surface area contributed by atoms with Crippen LogP contribution in [0.5, 0.6) is 0 Å². The summed E-state index contributed by atoms with van der Waals surface area (Å²) in [6.45, 7) is 7.08. The van der Waals surface area contributed by atoms with Crippen LogP contribution in [0.25, 0.3) is 0 Å². The second kappa shape index (κ2) is 7.24. The van der Waals surface area contributed by atoms with Crippen LogP contribution >= 0.6 is 0 Å². The Hall–Kier alpha value is -1.85. The summed E-state index contributed by atoms with van der Waals surface area (Å²) in [5.74, 6) is -1.73. The number of hydrogen-bond donors (Lipinski definition) is 2. The second-order valence-electron chi connectivity index (χ2n) is 6.07. The van der Waals surface area contributed by atoms with Crippen molar-refractivity contribution in [2.45, 2.75) is 45.1 Å². The van der Waals surface area contributed by atoms with E-state index in [0.29, 0.717) is 19.4 Å². The maximum atomic E-state index is 12.1. The van der Waals surface area contributed by atoms with E-state index in [4.69, 9.17) is 0 Å². The molecule has 0 aromatic rings. The highest BCUT2D eigenvalue weighted by Gasteiger charge is 2.29. The average molecular weight is 295 g/mol. The molecule has 6 heteroatoms. The highest BCUT2D eigenvalue weighted by atomic mass is 16.4. The van der Waals surface area contributed by atoms with E-state index in [9.17, 15) is 19.5 Å². The molecule has 1 aliphatic rings. The van der Waals surface area contributed by atoms with Crippen LogP contribution in [0.1, 0.15) is 39.5 Å². The summed E-state index contributed by atoms with van der Waals surface area (Å²) < 4.78 is 0. The molecule has 0 saturated heterocycles. The number of hydrogen-bond acceptors (Lipinski definition) is 4. The first-order valence-corrected chi connectivity index (χ1v) is 7.20. The smallest absolute Gasteiger partial charge is 0.245 e. The fourth-order valence-corrected chi connectivity index (χ4v) is 2.48. The van der Waals surface area contributed by atoms with Gasteiger partial charge in [-0.15, -0.1) is 0 Å². The molecule has 0 spiro atoms. The first-order valence-electron chi connectivity index (χ1n) is 7.20. The molecule has 0 atom stereocenters. The average Bonchev–Trinajstić information content (AvgIpc) is 2.44. The fraction of sp³-hybridized carbons (Fsp3) is 0.667. The normalized spacial score (nSPS) is 22.2. The lowest BCUT2D eigenvalue weighted by molar-refractivity contribution is -0.312. The van der Waals surface area contributed by atoms with Gasteiger partial charge in [0.05, 0.1) is 0 Å². The molecule has 0 radical (unpaired) electrons. The Morgan fingerprint density at radius 2 is 1.81 bits per heavy atom. The summed E-state index contributed by atoms with van der Waals surface area (Å²) in [4.78, 5) is 34.1. The molecule has 1 saturated carbocycles. The number of carbonyl (C=O) groups excluding carboxylic acids is 3. The number of rotatable bonds is 6. The largest absolute Gasteiger partial charge is 0.550 e. The summed E-state index contributed by atoms with van der Waals surface area (Å²) in [7, 11) is 0. The maximum absolute atomic E-state index is 12.1. The lowest BCUT2D eigenvalue weighted by Crippen LogP contribution is -2.55. The Bertz CT molecular complexity index is 423. The molecular weight excluding hydrogens is 272 g/mol. The van der Waals surface area contributed by atoms with Crippen LogP contribution in [0.15, 0.2) is 12.7 Å². The quantitative estimate of drug-likeness (QED) is 0.660. The molecule has 2 amide bonds. The van der Waals surface area contributed by atoms with Gasteiger partial charge >= 0.3 is 0 Å². The predicted octanol–water partition coefficient (Wildman–Crippen LogP) is -0.260. The molecule has 0 heterocycles. The van der Waals surface area contributed by atoms with Crippen molar-refractivity contribution in [1.82, 2.24) is 10.6 Å². The summed E-state index contributed by atoms with van der Waals surface area (Å²) >= 11 is 0. The zero-order valence-electron chi connectivity index (χ0n) is 12.6. The minimum atomic E-state index is -1.01. The van der Waals surface area contributed by atoms with Crippen LogP contribution in [-0.4, -0.2) is 29.9 Å². The predicted molar refractivity (Wildman–Crippen MR) is 75.9 cm³/mol. The molecule has 0 aromatic heterocycles. The zero-order valence-corrected chi connectivity index (χ0v) is 12.6. The Morgan fingerprint density at radius 1 is 1.24 bits per heavy atom. The standard InChI is InChI=1S/C15H24N2O4/c1-4-12(18)17-15(2,3)14(21)16-9-10-5-7-11(8-6-10)13(19)20/h4,10-11H,1,5-9H2,2-3H3,(H,16,21)(H,17,18)(H,19,20)/p-1. The van der Waals surface area contributed by atoms with Crippen LogP contribution in [0.2, 0.25) is 0 Å². The summed E-state index contributed by atoms with van der Waals surface area (Å²) in [6.07, 6.45) is 3.84. The number of carboxylic acid groups (broad SMARTS) is 1. The molecule has 0 aliphatic heterocycles. The Morgan fingerprint density at radius 3 is 2.29 bits per heavy atom. The third-order valence-corrected chi connectivity index (χ3v) is 3.92. The highest BCUT2D eigenvalue weighted by molar-refractivity contribution is 5.94. The molecular formula is C15H23N2O4-. The van der Waals surface area contributed by atoms with E-state index >= 15 is 0 Å². The van der Waals surface area contributed by atoms with Gasteiger partial charge in [-0.25, -0.2) is 0 Å². The molecule has 0 bridgehead atoms. The van der Waals surface area contributed by atoms with E-state index in [2.05, 4.69) is 17.2 Å². The van der Waals surface area contributed by atoms with Crippen LogP contribution in [0, 0.1) is 11.8 Å². The van der Waals surface area contributed by atoms with Crippen LogP contribution in [0.3, 0.4) is 0 Å². The molecule has 6 nitrogen and oxygen atoms in total. The van der Waals surface area contributed by atoms with Crippen molar-refractivity contribution >= 4 is 17.8 Å². The Kier molecular flexibility index (Phi) is 5.93. The summed E-state index contributed by atoms with van der Waals surface area (Å²) in [5.41, 5.74) is -1.01. The van der Waals surface area contributed by atoms with Crippen molar-refractivity contribution in [3.8, 4) is 0 Å². The molecule has 0 unspecified atom stereocenters. The molecule has 2 N–H and O–H groups in total. The van der Waals surface area contributed by atoms with Crippen LogP contribution in [0.4, 0.5) is 0 Å². The first kappa shape index (κ1) is 17.2. The number of carbonyl (C=O) groups is 3. The Labute approximate surface area is 125 Å². The SMILES string of the molecule is C=CC(=O)NC(C)(C)C(=O)NCC1CCC(C(=O)[O-])CC1. The van der Waals surface area contributed by atoms with Crippen molar-refractivity contribution in [3.63, 3.8) is 0 Å². The van der Waals surface area contributed by atoms with Gasteiger partial charge in [-0.3, -0.25) is 9.59 Å². The van der Waals surface area contributed by atoms with Crippen molar-refractivity contribution in [1.29, 1.82) is 0 Å². The van der Waals surface area contributed by atoms with Gasteiger partial charge < -0.3 is 20.5 Å². The van der Waals surface area contributed by atoms with Crippen molar-refractivity contribution < 1.29 is 19.5 Å². The number of carboxylic acids is 1. The van der Waals surface area contributed by atoms with E-state index in [1.165, 1.54) is 0 Å². The number of amides is 2. The van der Waals surface area contributed by atoms with Crippen LogP contribution < -0.4 is 15.7 Å². The minimum absolute atomic E-state index is 0.264. The van der Waals surface area contributed by atoms with E-state index in [1.807, 2.05) is 0 Å². The minimum Gasteiger partial charge on any atom is -0.550 e. The maximum Gasteiger partial charge on any atom is 0.245 e. The third-order valence-electron chi connectivity index (χ3n) is 3.92. The van der Waals surface area contributed by atoms with Crippen molar-refractivity contribution in [2.24, 2.45) is 11.8 Å². The van der Waals surface area contributed by atoms with Gasteiger partial charge in [-0.2, -0.15) is 0 Å². The second-order valence-corrected chi connectivity index (χ2v) is 6.07. The van der Waals surface area contributed by atoms with Gasteiger partial charge in [0, 0.05) is 12.5 Å². The highest BCUT2D eigenvalue weighted by Crippen LogP contribution is 2.27. The monoisotopic (exact) mass is 295 g/mol. The molecule has 118 valence electrons. The van der Waals surface area contributed by atoms with Gasteiger partial charge in [-0.05, 0) is 57.4 Å².